The predicted octanol–water partition coefficient (Wildman–Crippen LogP) is 2.73. The van der Waals surface area contributed by atoms with E-state index in [4.69, 9.17) is 5.21 Å². The van der Waals surface area contributed by atoms with Crippen LogP contribution in [0.5, 0.6) is 0 Å². The topological polar surface area (TPSA) is 58.4 Å². The Labute approximate surface area is 99.7 Å². The van der Waals surface area contributed by atoms with Crippen LogP contribution in [0.2, 0.25) is 0 Å². The number of hydrogen-bond donors (Lipinski definition) is 1. The van der Waals surface area contributed by atoms with E-state index < -0.39 is 0 Å². The van der Waals surface area contributed by atoms with Crippen LogP contribution in [-0.4, -0.2) is 20.9 Å². The molecule has 0 fully saturated rings. The molecule has 1 heterocycles. The molecule has 0 atom stereocenters. The van der Waals surface area contributed by atoms with Gasteiger partial charge in [-0.3, -0.25) is 0 Å². The Kier molecular flexibility index (Phi) is 3.45. The minimum absolute atomic E-state index is 0.560. The summed E-state index contributed by atoms with van der Waals surface area (Å²) in [5.74, 6) is 0.637. The Balaban J connectivity index is 2.42. The molecule has 2 rings (SSSR count). The number of aromatic nitrogens is 2. The van der Waals surface area contributed by atoms with Crippen molar-refractivity contribution in [2.75, 3.05) is 0 Å². The van der Waals surface area contributed by atoms with E-state index in [9.17, 15) is 0 Å². The fourth-order valence-corrected chi connectivity index (χ4v) is 1.55. The second-order valence-electron chi connectivity index (χ2n) is 3.53. The molecule has 0 spiro atoms. The molecular weight excluding hydrogens is 214 g/mol. The third-order valence-electron chi connectivity index (χ3n) is 2.44. The highest BCUT2D eigenvalue weighted by Gasteiger charge is 2.06. The Morgan fingerprint density at radius 1 is 1.24 bits per heavy atom. The van der Waals surface area contributed by atoms with E-state index in [0.717, 1.165) is 5.56 Å². The van der Waals surface area contributed by atoms with E-state index in [1.807, 2.05) is 37.3 Å². The smallest absolute Gasteiger partial charge is 0.159 e. The molecule has 1 N–H and O–H groups in total. The summed E-state index contributed by atoms with van der Waals surface area (Å²) in [6, 6.07) is 11.4. The minimum Gasteiger partial charge on any atom is -0.411 e. The van der Waals surface area contributed by atoms with Crippen LogP contribution in [0.15, 0.2) is 47.8 Å². The monoisotopic (exact) mass is 227 g/mol. The number of benzene rings is 1. The molecule has 4 nitrogen and oxygen atoms in total. The Morgan fingerprint density at radius 3 is 2.65 bits per heavy atom. The highest BCUT2D eigenvalue weighted by Crippen LogP contribution is 2.14. The molecule has 0 aliphatic heterocycles. The minimum atomic E-state index is 0.560. The summed E-state index contributed by atoms with van der Waals surface area (Å²) in [7, 11) is 0. The molecule has 0 unspecified atom stereocenters. The van der Waals surface area contributed by atoms with Gasteiger partial charge in [0, 0.05) is 11.8 Å². The van der Waals surface area contributed by atoms with Crippen molar-refractivity contribution in [1.82, 2.24) is 9.97 Å². The van der Waals surface area contributed by atoms with Gasteiger partial charge < -0.3 is 5.21 Å². The van der Waals surface area contributed by atoms with Gasteiger partial charge in [-0.05, 0) is 12.5 Å². The van der Waals surface area contributed by atoms with E-state index in [-0.39, 0.29) is 0 Å². The quantitative estimate of drug-likeness (QED) is 0.498. The van der Waals surface area contributed by atoms with Gasteiger partial charge in [-0.15, -0.1) is 0 Å². The van der Waals surface area contributed by atoms with Gasteiger partial charge in [-0.1, -0.05) is 42.4 Å². The average molecular weight is 227 g/mol. The predicted molar refractivity (Wildman–Crippen MR) is 66.1 cm³/mol. The summed E-state index contributed by atoms with van der Waals surface area (Å²) >= 11 is 0. The molecule has 2 aromatic rings. The van der Waals surface area contributed by atoms with Crippen LogP contribution >= 0.6 is 0 Å². The van der Waals surface area contributed by atoms with Crippen LogP contribution in [0.3, 0.4) is 0 Å². The maximum Gasteiger partial charge on any atom is 0.159 e. The van der Waals surface area contributed by atoms with Gasteiger partial charge in [0.2, 0.25) is 0 Å². The average Bonchev–Trinajstić information content (AvgIpc) is 2.42. The Morgan fingerprint density at radius 2 is 2.00 bits per heavy atom. The first-order chi connectivity index (χ1) is 8.35. The lowest BCUT2D eigenvalue weighted by atomic mass is 10.2. The van der Waals surface area contributed by atoms with E-state index in [1.165, 1.54) is 0 Å². The number of oxime groups is 1. The first-order valence-corrected chi connectivity index (χ1v) is 5.45. The number of hydrogen-bond acceptors (Lipinski definition) is 4. The normalized spacial score (nSPS) is 11.5. The van der Waals surface area contributed by atoms with Gasteiger partial charge in [0.15, 0.2) is 5.82 Å². The molecule has 0 aliphatic carbocycles. The van der Waals surface area contributed by atoms with Gasteiger partial charge in [-0.25, -0.2) is 9.97 Å². The second kappa shape index (κ2) is 5.21. The summed E-state index contributed by atoms with van der Waals surface area (Å²) in [6.07, 6.45) is 2.30. The molecule has 0 bridgehead atoms. The van der Waals surface area contributed by atoms with Crippen molar-refractivity contribution >= 4 is 5.71 Å². The molecule has 4 heteroatoms. The van der Waals surface area contributed by atoms with E-state index >= 15 is 0 Å². The Bertz CT molecular complexity index is 523. The lowest BCUT2D eigenvalue weighted by molar-refractivity contribution is 0.318. The molecule has 17 heavy (non-hydrogen) atoms. The summed E-state index contributed by atoms with van der Waals surface area (Å²) in [4.78, 5) is 8.60. The van der Waals surface area contributed by atoms with Crippen LogP contribution < -0.4 is 0 Å². The van der Waals surface area contributed by atoms with Crippen LogP contribution in [0.1, 0.15) is 19.0 Å². The molecule has 0 amide bonds. The molecule has 0 radical (unpaired) electrons. The lowest BCUT2D eigenvalue weighted by Crippen LogP contribution is -2.04. The van der Waals surface area contributed by atoms with Gasteiger partial charge >= 0.3 is 0 Å². The Hall–Kier alpha value is -2.23. The first-order valence-electron chi connectivity index (χ1n) is 5.45. The maximum absolute atomic E-state index is 8.87. The van der Waals surface area contributed by atoms with Crippen molar-refractivity contribution in [2.45, 2.75) is 13.3 Å². The van der Waals surface area contributed by atoms with Crippen molar-refractivity contribution in [2.24, 2.45) is 5.16 Å². The van der Waals surface area contributed by atoms with Gasteiger partial charge in [-0.2, -0.15) is 0 Å². The molecule has 0 aliphatic rings. The number of nitrogens with zero attached hydrogens (tertiary/aromatic N) is 3. The molecular formula is C13H13N3O. The highest BCUT2D eigenvalue weighted by atomic mass is 16.4. The zero-order valence-electron chi connectivity index (χ0n) is 9.54. The molecule has 1 aromatic carbocycles. The maximum atomic E-state index is 8.87. The van der Waals surface area contributed by atoms with Crippen molar-refractivity contribution in [3.63, 3.8) is 0 Å². The van der Waals surface area contributed by atoms with Crippen LogP contribution in [0, 0.1) is 0 Å². The largest absolute Gasteiger partial charge is 0.411 e. The van der Waals surface area contributed by atoms with Crippen molar-refractivity contribution in [3.05, 3.63) is 48.3 Å². The van der Waals surface area contributed by atoms with E-state index in [0.29, 0.717) is 23.7 Å². The molecule has 0 saturated heterocycles. The molecule has 1 aromatic heterocycles. The zero-order valence-corrected chi connectivity index (χ0v) is 9.54. The number of rotatable bonds is 3. The first kappa shape index (κ1) is 11.3. The fourth-order valence-electron chi connectivity index (χ4n) is 1.55. The third kappa shape index (κ3) is 2.47. The summed E-state index contributed by atoms with van der Waals surface area (Å²) in [5.41, 5.74) is 2.16. The van der Waals surface area contributed by atoms with Crippen molar-refractivity contribution in [1.29, 1.82) is 0 Å². The third-order valence-corrected chi connectivity index (χ3v) is 2.44. The van der Waals surface area contributed by atoms with Gasteiger partial charge in [0.25, 0.3) is 0 Å². The van der Waals surface area contributed by atoms with Crippen LogP contribution in [0.25, 0.3) is 11.4 Å². The molecule has 0 saturated carbocycles. The second-order valence-corrected chi connectivity index (χ2v) is 3.53. The van der Waals surface area contributed by atoms with Crippen molar-refractivity contribution < 1.29 is 5.21 Å². The summed E-state index contributed by atoms with van der Waals surface area (Å²) < 4.78 is 0. The fraction of sp³-hybridized carbons (Fsp3) is 0.154. The standard InChI is InChI=1S/C13H13N3O/c1-2-11(16-17)12-8-9-14-13(15-12)10-6-4-3-5-7-10/h3-9,17H,2H2,1H3/b16-11+. The van der Waals surface area contributed by atoms with Crippen LogP contribution in [0.4, 0.5) is 0 Å². The van der Waals surface area contributed by atoms with Gasteiger partial charge in [0.1, 0.15) is 5.71 Å². The SMILES string of the molecule is CC/C(=N\O)c1ccnc(-c2ccccc2)n1. The summed E-state index contributed by atoms with van der Waals surface area (Å²) in [6.45, 7) is 1.92. The van der Waals surface area contributed by atoms with Crippen molar-refractivity contribution in [3.8, 4) is 11.4 Å². The van der Waals surface area contributed by atoms with Gasteiger partial charge in [0.05, 0.1) is 5.69 Å². The molecule has 86 valence electrons. The van der Waals surface area contributed by atoms with E-state index in [2.05, 4.69) is 15.1 Å². The lowest BCUT2D eigenvalue weighted by Gasteiger charge is -2.03. The van der Waals surface area contributed by atoms with E-state index in [1.54, 1.807) is 12.3 Å². The highest BCUT2D eigenvalue weighted by molar-refractivity contribution is 5.98. The van der Waals surface area contributed by atoms with Crippen LogP contribution in [-0.2, 0) is 0 Å². The summed E-state index contributed by atoms with van der Waals surface area (Å²) in [5, 5.41) is 12.1. The zero-order chi connectivity index (χ0) is 12.1.